The Labute approximate surface area is 193 Å². The van der Waals surface area contributed by atoms with Gasteiger partial charge in [0.1, 0.15) is 6.10 Å². The number of anilines is 1. The van der Waals surface area contributed by atoms with E-state index in [0.29, 0.717) is 38.7 Å². The molecule has 2 aliphatic rings. The lowest BCUT2D eigenvalue weighted by molar-refractivity contribution is -0.140. The maximum atomic E-state index is 14.4. The maximum absolute atomic E-state index is 14.4. The number of rotatable bonds is 9. The van der Waals surface area contributed by atoms with E-state index in [2.05, 4.69) is 4.90 Å². The van der Waals surface area contributed by atoms with Crippen LogP contribution in [0.25, 0.3) is 0 Å². The number of hydrogen-bond acceptors (Lipinski definition) is 4. The number of alkyl halides is 3. The normalized spacial score (nSPS) is 23.5. The summed E-state index contributed by atoms with van der Waals surface area (Å²) in [6.45, 7) is 5.86. The molecule has 186 valence electrons. The molecular formula is C24H35F4N3O2. The number of benzene rings is 1. The lowest BCUT2D eigenvalue weighted by Gasteiger charge is -2.38. The van der Waals surface area contributed by atoms with Crippen LogP contribution in [0.2, 0.25) is 0 Å². The van der Waals surface area contributed by atoms with Gasteiger partial charge in [0.25, 0.3) is 0 Å². The first kappa shape index (κ1) is 25.7. The van der Waals surface area contributed by atoms with Gasteiger partial charge in [0.15, 0.2) is 5.82 Å². The van der Waals surface area contributed by atoms with Crippen LogP contribution in [0, 0.1) is 17.7 Å². The average Bonchev–Trinajstić information content (AvgIpc) is 2.78. The Kier molecular flexibility index (Phi) is 8.98. The van der Waals surface area contributed by atoms with Crippen LogP contribution < -0.4 is 10.6 Å². The van der Waals surface area contributed by atoms with E-state index < -0.39 is 23.7 Å². The van der Waals surface area contributed by atoms with Gasteiger partial charge in [-0.05, 0) is 56.2 Å². The van der Waals surface area contributed by atoms with Gasteiger partial charge >= 0.3 is 6.18 Å². The Bertz CT molecular complexity index is 773. The highest BCUT2D eigenvalue weighted by atomic mass is 19.4. The van der Waals surface area contributed by atoms with E-state index in [4.69, 9.17) is 10.5 Å². The number of carbonyl (C=O) groups is 1. The summed E-state index contributed by atoms with van der Waals surface area (Å²) in [6.07, 6.45) is 0.665. The smallest absolute Gasteiger partial charge is 0.368 e. The molecule has 0 aromatic heterocycles. The van der Waals surface area contributed by atoms with Crippen LogP contribution in [0.5, 0.6) is 0 Å². The summed E-state index contributed by atoms with van der Waals surface area (Å²) in [7, 11) is 0. The number of amides is 1. The second-order valence-electron chi connectivity index (χ2n) is 9.23. The number of piperazine rings is 1. The summed E-state index contributed by atoms with van der Waals surface area (Å²) in [5.41, 5.74) is 4.35. The molecule has 1 atom stereocenters. The van der Waals surface area contributed by atoms with Crippen molar-refractivity contribution in [2.75, 3.05) is 44.2 Å². The van der Waals surface area contributed by atoms with Gasteiger partial charge in [-0.1, -0.05) is 25.8 Å². The first-order valence-corrected chi connectivity index (χ1v) is 11.9. The van der Waals surface area contributed by atoms with Crippen LogP contribution in [0.15, 0.2) is 18.2 Å². The van der Waals surface area contributed by atoms with Crippen molar-refractivity contribution in [1.82, 2.24) is 4.90 Å². The highest BCUT2D eigenvalue weighted by Gasteiger charge is 2.36. The van der Waals surface area contributed by atoms with Crippen molar-refractivity contribution in [2.24, 2.45) is 17.6 Å². The monoisotopic (exact) mass is 473 g/mol. The molecular weight excluding hydrogens is 438 g/mol. The van der Waals surface area contributed by atoms with Crippen molar-refractivity contribution in [1.29, 1.82) is 0 Å². The topological polar surface area (TPSA) is 58.8 Å². The summed E-state index contributed by atoms with van der Waals surface area (Å²) >= 11 is 0. The quantitative estimate of drug-likeness (QED) is 0.539. The zero-order chi connectivity index (χ0) is 24.0. The van der Waals surface area contributed by atoms with Gasteiger partial charge in [0.05, 0.1) is 11.3 Å². The zero-order valence-corrected chi connectivity index (χ0v) is 19.2. The Balaban J connectivity index is 1.43. The second-order valence-corrected chi connectivity index (χ2v) is 9.23. The van der Waals surface area contributed by atoms with Crippen LogP contribution in [0.3, 0.4) is 0 Å². The molecule has 0 bridgehead atoms. The molecule has 1 amide bonds. The lowest BCUT2D eigenvalue weighted by atomic mass is 9.78. The highest BCUT2D eigenvalue weighted by molar-refractivity contribution is 5.79. The van der Waals surface area contributed by atoms with Gasteiger partial charge in [-0.25, -0.2) is 4.39 Å². The van der Waals surface area contributed by atoms with Gasteiger partial charge in [-0.2, -0.15) is 13.2 Å². The predicted molar refractivity (Wildman–Crippen MR) is 119 cm³/mol. The van der Waals surface area contributed by atoms with Crippen LogP contribution in [-0.4, -0.2) is 56.2 Å². The summed E-state index contributed by atoms with van der Waals surface area (Å²) in [5, 5.41) is 0. The van der Waals surface area contributed by atoms with Crippen molar-refractivity contribution >= 4 is 11.6 Å². The highest BCUT2D eigenvalue weighted by Crippen LogP contribution is 2.36. The summed E-state index contributed by atoms with van der Waals surface area (Å²) in [4.78, 5) is 15.7. The fraction of sp³-hybridized carbons (Fsp3) is 0.708. The number of halogens is 4. The number of nitrogens with two attached hydrogens (primary N) is 1. The molecule has 1 aromatic carbocycles. The molecule has 1 aliphatic carbocycles. The van der Waals surface area contributed by atoms with E-state index in [-0.39, 0.29) is 17.5 Å². The largest absolute Gasteiger partial charge is 0.419 e. The van der Waals surface area contributed by atoms with Gasteiger partial charge in [-0.3, -0.25) is 9.69 Å². The Morgan fingerprint density at radius 3 is 2.39 bits per heavy atom. The fourth-order valence-corrected chi connectivity index (χ4v) is 5.04. The first-order valence-electron chi connectivity index (χ1n) is 11.9. The SMILES string of the molecule is CCCOC(C(N)=O)C1CCC(CCN2CCN(c3cccc(C(F)(F)F)c3F)CC2)CC1. The van der Waals surface area contributed by atoms with Gasteiger partial charge in [0, 0.05) is 32.8 Å². The molecule has 0 radical (unpaired) electrons. The first-order chi connectivity index (χ1) is 15.7. The number of carbonyl (C=O) groups excluding carboxylic acids is 1. The minimum atomic E-state index is -4.69. The minimum Gasteiger partial charge on any atom is -0.368 e. The van der Waals surface area contributed by atoms with Crippen molar-refractivity contribution in [2.45, 2.75) is 57.7 Å². The van der Waals surface area contributed by atoms with E-state index >= 15 is 0 Å². The number of ether oxygens (including phenoxy) is 1. The lowest BCUT2D eigenvalue weighted by Crippen LogP contribution is -2.47. The molecule has 3 rings (SSSR count). The molecule has 2 N–H and O–H groups in total. The van der Waals surface area contributed by atoms with Crippen molar-refractivity contribution < 1.29 is 27.1 Å². The summed E-state index contributed by atoms with van der Waals surface area (Å²) in [5.74, 6) is -0.787. The van der Waals surface area contributed by atoms with Crippen molar-refractivity contribution in [3.63, 3.8) is 0 Å². The van der Waals surface area contributed by atoms with Crippen molar-refractivity contribution in [3.8, 4) is 0 Å². The predicted octanol–water partition coefficient (Wildman–Crippen LogP) is 4.44. The third-order valence-corrected chi connectivity index (χ3v) is 6.95. The average molecular weight is 474 g/mol. The van der Waals surface area contributed by atoms with E-state index in [0.717, 1.165) is 51.1 Å². The van der Waals surface area contributed by atoms with Crippen LogP contribution in [0.1, 0.15) is 51.0 Å². The molecule has 5 nitrogen and oxygen atoms in total. The third kappa shape index (κ3) is 6.82. The van der Waals surface area contributed by atoms with Crippen LogP contribution in [0.4, 0.5) is 23.2 Å². The van der Waals surface area contributed by atoms with Crippen LogP contribution >= 0.6 is 0 Å². The molecule has 9 heteroatoms. The molecule has 1 saturated carbocycles. The van der Waals surface area contributed by atoms with Crippen LogP contribution in [-0.2, 0) is 15.7 Å². The molecule has 1 heterocycles. The minimum absolute atomic E-state index is 0.0251. The summed E-state index contributed by atoms with van der Waals surface area (Å²) in [6, 6.07) is 3.47. The maximum Gasteiger partial charge on any atom is 0.419 e. The Morgan fingerprint density at radius 1 is 1.15 bits per heavy atom. The molecule has 1 unspecified atom stereocenters. The zero-order valence-electron chi connectivity index (χ0n) is 19.2. The third-order valence-electron chi connectivity index (χ3n) is 6.95. The Hall–Kier alpha value is -1.87. The standard InChI is InChI=1S/C24H35F4N3O2/c1-2-16-33-22(23(29)32)18-8-6-17(7-9-18)10-11-30-12-14-31(15-13-30)20-5-3-4-19(21(20)25)24(26,27)28/h3-5,17-18,22H,2,6-16H2,1H3,(H2,29,32). The van der Waals surface area contributed by atoms with Crippen molar-refractivity contribution in [3.05, 3.63) is 29.6 Å². The van der Waals surface area contributed by atoms with Gasteiger partial charge in [0.2, 0.25) is 5.91 Å². The Morgan fingerprint density at radius 2 is 1.82 bits per heavy atom. The summed E-state index contributed by atoms with van der Waals surface area (Å²) < 4.78 is 59.1. The van der Waals surface area contributed by atoms with E-state index in [1.165, 1.54) is 12.1 Å². The number of nitrogens with zero attached hydrogens (tertiary/aromatic N) is 2. The van der Waals surface area contributed by atoms with Gasteiger partial charge < -0.3 is 15.4 Å². The molecule has 2 fully saturated rings. The molecule has 0 spiro atoms. The van der Waals surface area contributed by atoms with E-state index in [9.17, 15) is 22.4 Å². The molecule has 33 heavy (non-hydrogen) atoms. The van der Waals surface area contributed by atoms with Gasteiger partial charge in [-0.15, -0.1) is 0 Å². The molecule has 1 saturated heterocycles. The van der Waals surface area contributed by atoms with E-state index in [1.807, 2.05) is 6.92 Å². The fourth-order valence-electron chi connectivity index (χ4n) is 5.04. The second kappa shape index (κ2) is 11.5. The number of hydrogen-bond donors (Lipinski definition) is 1. The van der Waals surface area contributed by atoms with E-state index in [1.54, 1.807) is 4.90 Å². The molecule has 1 aromatic rings. The number of primary amides is 1. The molecule has 1 aliphatic heterocycles.